The third-order valence-electron chi connectivity index (χ3n) is 5.64. The number of aryl methyl sites for hydroxylation is 1. The summed E-state index contributed by atoms with van der Waals surface area (Å²) in [5, 5.41) is 21.4. The van der Waals surface area contributed by atoms with Crippen LogP contribution in [0.1, 0.15) is 16.7 Å². The van der Waals surface area contributed by atoms with E-state index < -0.39 is 29.9 Å². The van der Waals surface area contributed by atoms with E-state index >= 15 is 0 Å². The highest BCUT2D eigenvalue weighted by Gasteiger charge is 2.47. The van der Waals surface area contributed by atoms with Crippen molar-refractivity contribution in [1.29, 1.82) is 0 Å². The van der Waals surface area contributed by atoms with E-state index in [9.17, 15) is 10.2 Å². The second-order valence-electron chi connectivity index (χ2n) is 8.17. The molecule has 1 fully saturated rings. The van der Waals surface area contributed by atoms with Crippen LogP contribution in [-0.4, -0.2) is 46.7 Å². The van der Waals surface area contributed by atoms with Crippen LogP contribution in [0.15, 0.2) is 89.8 Å². The summed E-state index contributed by atoms with van der Waals surface area (Å²) in [4.78, 5) is 0.979. The molecule has 1 aliphatic heterocycles. The van der Waals surface area contributed by atoms with Crippen molar-refractivity contribution in [2.75, 3.05) is 6.61 Å². The van der Waals surface area contributed by atoms with Crippen molar-refractivity contribution in [1.82, 2.24) is 0 Å². The van der Waals surface area contributed by atoms with Gasteiger partial charge < -0.3 is 24.4 Å². The molecule has 174 valence electrons. The number of aliphatic hydroxyl groups excluding tert-OH is 2. The fourth-order valence-electron chi connectivity index (χ4n) is 3.82. The Morgan fingerprint density at radius 1 is 0.788 bits per heavy atom. The molecular formula is C27H30O5S. The molecule has 0 unspecified atom stereocenters. The van der Waals surface area contributed by atoms with Gasteiger partial charge in [-0.15, -0.1) is 0 Å². The molecule has 5 nitrogen and oxygen atoms in total. The van der Waals surface area contributed by atoms with E-state index in [1.807, 2.05) is 91.9 Å². The van der Waals surface area contributed by atoms with Crippen LogP contribution < -0.4 is 0 Å². The van der Waals surface area contributed by atoms with Gasteiger partial charge in [-0.3, -0.25) is 0 Å². The highest BCUT2D eigenvalue weighted by molar-refractivity contribution is 7.99. The Labute approximate surface area is 199 Å². The third-order valence-corrected chi connectivity index (χ3v) is 6.80. The van der Waals surface area contributed by atoms with Gasteiger partial charge >= 0.3 is 0 Å². The molecule has 1 heterocycles. The van der Waals surface area contributed by atoms with Crippen molar-refractivity contribution >= 4 is 11.8 Å². The highest BCUT2D eigenvalue weighted by Crippen LogP contribution is 2.36. The Hall–Kier alpha value is -2.19. The lowest BCUT2D eigenvalue weighted by molar-refractivity contribution is -0.239. The predicted octanol–water partition coefficient (Wildman–Crippen LogP) is 4.34. The SMILES string of the molecule is Cc1ccc(S[C@@H]2O[C@H](CO)[C@@H](OCc3ccccc3)[C@H](OCc3ccccc3)[C@H]2O)cc1. The molecule has 0 aromatic heterocycles. The summed E-state index contributed by atoms with van der Waals surface area (Å²) < 4.78 is 18.5. The quantitative estimate of drug-likeness (QED) is 0.489. The molecule has 0 spiro atoms. The molecule has 6 heteroatoms. The van der Waals surface area contributed by atoms with E-state index in [1.165, 1.54) is 11.8 Å². The Balaban J connectivity index is 1.52. The molecule has 5 atom stereocenters. The van der Waals surface area contributed by atoms with Crippen molar-refractivity contribution in [2.24, 2.45) is 0 Å². The average Bonchev–Trinajstić information content (AvgIpc) is 2.86. The van der Waals surface area contributed by atoms with Crippen LogP contribution in [0.3, 0.4) is 0 Å². The maximum Gasteiger partial charge on any atom is 0.136 e. The average molecular weight is 467 g/mol. The number of aliphatic hydroxyl groups is 2. The van der Waals surface area contributed by atoms with E-state index in [-0.39, 0.29) is 6.61 Å². The minimum atomic E-state index is -0.941. The molecule has 0 bridgehead atoms. The third kappa shape index (κ3) is 6.44. The number of ether oxygens (including phenoxy) is 3. The van der Waals surface area contributed by atoms with Crippen molar-refractivity contribution in [2.45, 2.75) is 54.9 Å². The topological polar surface area (TPSA) is 68.2 Å². The molecule has 2 N–H and O–H groups in total. The molecule has 0 aliphatic carbocycles. The minimum absolute atomic E-state index is 0.234. The summed E-state index contributed by atoms with van der Waals surface area (Å²) >= 11 is 1.42. The van der Waals surface area contributed by atoms with E-state index in [2.05, 4.69) is 0 Å². The van der Waals surface area contributed by atoms with Crippen molar-refractivity contribution < 1.29 is 24.4 Å². The normalized spacial score (nSPS) is 25.1. The number of rotatable bonds is 9. The zero-order chi connectivity index (χ0) is 23.0. The first-order valence-corrected chi connectivity index (χ1v) is 12.0. The van der Waals surface area contributed by atoms with Gasteiger partial charge in [0, 0.05) is 4.90 Å². The van der Waals surface area contributed by atoms with Gasteiger partial charge in [-0.05, 0) is 30.2 Å². The van der Waals surface area contributed by atoms with Gasteiger partial charge in [0.2, 0.25) is 0 Å². The summed E-state index contributed by atoms with van der Waals surface area (Å²) in [6, 6.07) is 27.7. The zero-order valence-electron chi connectivity index (χ0n) is 18.6. The van der Waals surface area contributed by atoms with E-state index in [4.69, 9.17) is 14.2 Å². The van der Waals surface area contributed by atoms with Gasteiger partial charge in [0.25, 0.3) is 0 Å². The summed E-state index contributed by atoms with van der Waals surface area (Å²) in [6.07, 6.45) is -2.85. The van der Waals surface area contributed by atoms with Gasteiger partial charge in [-0.2, -0.15) is 0 Å². The standard InChI is InChI=1S/C27H30O5S/c1-19-12-14-22(15-13-19)33-27-24(29)26(31-18-21-10-6-3-7-11-21)25(23(16-28)32-27)30-17-20-8-4-2-5-9-20/h2-15,23-29H,16-18H2,1H3/t23-,24-,25-,26-,27+/m1/s1. The molecule has 1 saturated heterocycles. The Morgan fingerprint density at radius 2 is 1.33 bits per heavy atom. The molecular weight excluding hydrogens is 436 g/mol. The lowest BCUT2D eigenvalue weighted by atomic mass is 9.99. The number of hydrogen-bond acceptors (Lipinski definition) is 6. The first-order valence-electron chi connectivity index (χ1n) is 11.1. The monoisotopic (exact) mass is 466 g/mol. The van der Waals surface area contributed by atoms with E-state index in [1.54, 1.807) is 0 Å². The maximum atomic E-state index is 11.3. The van der Waals surface area contributed by atoms with E-state index in [0.717, 1.165) is 21.6 Å². The van der Waals surface area contributed by atoms with E-state index in [0.29, 0.717) is 13.2 Å². The van der Waals surface area contributed by atoms with Crippen LogP contribution in [0, 0.1) is 6.92 Å². The fraction of sp³-hybridized carbons (Fsp3) is 0.333. The van der Waals surface area contributed by atoms with Gasteiger partial charge in [0.05, 0.1) is 19.8 Å². The van der Waals surface area contributed by atoms with Crippen LogP contribution in [0.2, 0.25) is 0 Å². The molecule has 0 saturated carbocycles. The van der Waals surface area contributed by atoms with Crippen LogP contribution in [-0.2, 0) is 27.4 Å². The van der Waals surface area contributed by atoms with Crippen LogP contribution in [0.5, 0.6) is 0 Å². The smallest absolute Gasteiger partial charge is 0.136 e. The molecule has 0 radical (unpaired) electrons. The lowest BCUT2D eigenvalue weighted by Gasteiger charge is -2.43. The van der Waals surface area contributed by atoms with Gasteiger partial charge in [-0.1, -0.05) is 90.1 Å². The zero-order valence-corrected chi connectivity index (χ0v) is 19.4. The van der Waals surface area contributed by atoms with Crippen LogP contribution in [0.4, 0.5) is 0 Å². The Bertz CT molecular complexity index is 967. The largest absolute Gasteiger partial charge is 0.394 e. The number of benzene rings is 3. The lowest BCUT2D eigenvalue weighted by Crippen LogP contribution is -2.59. The second-order valence-corrected chi connectivity index (χ2v) is 9.34. The molecule has 3 aromatic carbocycles. The van der Waals surface area contributed by atoms with Gasteiger partial charge in [0.1, 0.15) is 29.9 Å². The summed E-state index contributed by atoms with van der Waals surface area (Å²) in [7, 11) is 0. The minimum Gasteiger partial charge on any atom is -0.394 e. The first kappa shape index (κ1) is 24.0. The molecule has 33 heavy (non-hydrogen) atoms. The molecule has 1 aliphatic rings. The van der Waals surface area contributed by atoms with Crippen molar-refractivity contribution in [3.63, 3.8) is 0 Å². The summed E-state index contributed by atoms with van der Waals surface area (Å²) in [5.41, 5.74) is 2.57. The first-order chi connectivity index (χ1) is 16.1. The van der Waals surface area contributed by atoms with Crippen LogP contribution in [0.25, 0.3) is 0 Å². The van der Waals surface area contributed by atoms with Gasteiger partial charge in [0.15, 0.2) is 0 Å². The van der Waals surface area contributed by atoms with Crippen LogP contribution >= 0.6 is 11.8 Å². The highest BCUT2D eigenvalue weighted by atomic mass is 32.2. The summed E-state index contributed by atoms with van der Waals surface area (Å²) in [6.45, 7) is 2.46. The Kier molecular flexibility index (Phi) is 8.56. The molecule has 3 aromatic rings. The summed E-state index contributed by atoms with van der Waals surface area (Å²) in [5.74, 6) is 0. The second kappa shape index (κ2) is 11.8. The molecule has 4 rings (SSSR count). The predicted molar refractivity (Wildman–Crippen MR) is 129 cm³/mol. The number of hydrogen-bond donors (Lipinski definition) is 2. The fourth-order valence-corrected chi connectivity index (χ4v) is 4.87. The van der Waals surface area contributed by atoms with Gasteiger partial charge in [-0.25, -0.2) is 0 Å². The number of thioether (sulfide) groups is 1. The maximum absolute atomic E-state index is 11.3. The van der Waals surface area contributed by atoms with Crippen molar-refractivity contribution in [3.05, 3.63) is 102 Å². The molecule has 0 amide bonds. The Morgan fingerprint density at radius 3 is 1.88 bits per heavy atom. The van der Waals surface area contributed by atoms with Crippen molar-refractivity contribution in [3.8, 4) is 0 Å².